The van der Waals surface area contributed by atoms with Gasteiger partial charge in [-0.25, -0.2) is 0 Å². The smallest absolute Gasteiger partial charge is 0.0702 e. The van der Waals surface area contributed by atoms with E-state index in [0.29, 0.717) is 12.1 Å². The zero-order valence-corrected chi connectivity index (χ0v) is 11.5. The summed E-state index contributed by atoms with van der Waals surface area (Å²) < 4.78 is 5.58. The molecular weight excluding hydrogens is 216 g/mol. The minimum atomic E-state index is 0.227. The summed E-state index contributed by atoms with van der Waals surface area (Å²) in [6.07, 6.45) is 3.58. The highest BCUT2D eigenvalue weighted by Gasteiger charge is 2.27. The van der Waals surface area contributed by atoms with Gasteiger partial charge in [-0.15, -0.1) is 0 Å². The Kier molecular flexibility index (Phi) is 7.04. The SMILES string of the molecule is CCCNC(CO)CCN(C)C1CCOC1C. The molecule has 0 aromatic carbocycles. The minimum absolute atomic E-state index is 0.227. The van der Waals surface area contributed by atoms with Crippen LogP contribution in [0.2, 0.25) is 0 Å². The van der Waals surface area contributed by atoms with Crippen LogP contribution in [-0.4, -0.2) is 61.5 Å². The predicted octanol–water partition coefficient (Wildman–Crippen LogP) is 0.846. The van der Waals surface area contributed by atoms with Gasteiger partial charge in [0.25, 0.3) is 0 Å². The summed E-state index contributed by atoms with van der Waals surface area (Å²) in [6.45, 7) is 7.40. The second-order valence-electron chi connectivity index (χ2n) is 5.03. The van der Waals surface area contributed by atoms with E-state index >= 15 is 0 Å². The summed E-state index contributed by atoms with van der Waals surface area (Å²) in [6, 6.07) is 0.774. The molecule has 102 valence electrons. The maximum Gasteiger partial charge on any atom is 0.0702 e. The van der Waals surface area contributed by atoms with Gasteiger partial charge in [0.15, 0.2) is 0 Å². The topological polar surface area (TPSA) is 44.7 Å². The third kappa shape index (κ3) is 4.92. The molecule has 3 unspecified atom stereocenters. The molecule has 2 N–H and O–H groups in total. The Labute approximate surface area is 105 Å². The average Bonchev–Trinajstić information content (AvgIpc) is 2.75. The summed E-state index contributed by atoms with van der Waals surface area (Å²) >= 11 is 0. The number of hydrogen-bond acceptors (Lipinski definition) is 4. The molecule has 17 heavy (non-hydrogen) atoms. The second-order valence-corrected chi connectivity index (χ2v) is 5.03. The van der Waals surface area contributed by atoms with E-state index < -0.39 is 0 Å². The molecule has 1 rings (SSSR count). The fourth-order valence-corrected chi connectivity index (χ4v) is 2.43. The lowest BCUT2D eigenvalue weighted by Gasteiger charge is -2.28. The number of rotatable bonds is 8. The van der Waals surface area contributed by atoms with Crippen LogP contribution in [0.15, 0.2) is 0 Å². The van der Waals surface area contributed by atoms with Crippen molar-refractivity contribution in [2.24, 2.45) is 0 Å². The van der Waals surface area contributed by atoms with E-state index in [1.807, 2.05) is 0 Å². The van der Waals surface area contributed by atoms with Gasteiger partial charge in [0.05, 0.1) is 12.7 Å². The van der Waals surface area contributed by atoms with E-state index in [-0.39, 0.29) is 12.6 Å². The third-order valence-electron chi connectivity index (χ3n) is 3.64. The lowest BCUT2D eigenvalue weighted by molar-refractivity contribution is 0.0812. The largest absolute Gasteiger partial charge is 0.395 e. The Morgan fingerprint density at radius 2 is 2.29 bits per heavy atom. The molecule has 1 aliphatic heterocycles. The van der Waals surface area contributed by atoms with Crippen molar-refractivity contribution in [3.63, 3.8) is 0 Å². The van der Waals surface area contributed by atoms with Gasteiger partial charge in [0.2, 0.25) is 0 Å². The molecule has 0 radical (unpaired) electrons. The van der Waals surface area contributed by atoms with Gasteiger partial charge in [-0.1, -0.05) is 6.92 Å². The van der Waals surface area contributed by atoms with E-state index in [1.165, 1.54) is 0 Å². The van der Waals surface area contributed by atoms with E-state index in [0.717, 1.165) is 39.0 Å². The van der Waals surface area contributed by atoms with Crippen LogP contribution in [0.25, 0.3) is 0 Å². The van der Waals surface area contributed by atoms with Gasteiger partial charge < -0.3 is 20.1 Å². The number of aliphatic hydroxyl groups excluding tert-OH is 1. The lowest BCUT2D eigenvalue weighted by Crippen LogP contribution is -2.41. The normalized spacial score (nSPS) is 26.6. The summed E-state index contributed by atoms with van der Waals surface area (Å²) in [4.78, 5) is 2.37. The van der Waals surface area contributed by atoms with Crippen LogP contribution in [0.4, 0.5) is 0 Å². The molecule has 0 aliphatic carbocycles. The Balaban J connectivity index is 2.23. The average molecular weight is 244 g/mol. The summed E-state index contributed by atoms with van der Waals surface area (Å²) in [7, 11) is 2.16. The van der Waals surface area contributed by atoms with E-state index in [9.17, 15) is 5.11 Å². The highest BCUT2D eigenvalue weighted by Crippen LogP contribution is 2.18. The number of aliphatic hydroxyl groups is 1. The highest BCUT2D eigenvalue weighted by molar-refractivity contribution is 4.81. The first-order chi connectivity index (χ1) is 8.19. The van der Waals surface area contributed by atoms with Crippen molar-refractivity contribution in [2.75, 3.05) is 33.4 Å². The van der Waals surface area contributed by atoms with Crippen LogP contribution in [-0.2, 0) is 4.74 Å². The number of nitrogens with one attached hydrogen (secondary N) is 1. The number of nitrogens with zero attached hydrogens (tertiary/aromatic N) is 1. The van der Waals surface area contributed by atoms with E-state index in [1.54, 1.807) is 0 Å². The van der Waals surface area contributed by atoms with Gasteiger partial charge in [-0.05, 0) is 46.3 Å². The van der Waals surface area contributed by atoms with Gasteiger partial charge in [0.1, 0.15) is 0 Å². The molecular formula is C13H28N2O2. The standard InChI is InChI=1S/C13H28N2O2/c1-4-7-14-12(10-16)5-8-15(3)13-6-9-17-11(13)2/h11-14,16H,4-10H2,1-3H3. The summed E-state index contributed by atoms with van der Waals surface area (Å²) in [5.41, 5.74) is 0. The van der Waals surface area contributed by atoms with Crippen LogP contribution in [0.3, 0.4) is 0 Å². The van der Waals surface area contributed by atoms with Crippen molar-refractivity contribution in [3.8, 4) is 0 Å². The van der Waals surface area contributed by atoms with Crippen LogP contribution >= 0.6 is 0 Å². The molecule has 0 spiro atoms. The number of hydrogen-bond donors (Lipinski definition) is 2. The van der Waals surface area contributed by atoms with Crippen LogP contribution < -0.4 is 5.32 Å². The maximum atomic E-state index is 9.28. The summed E-state index contributed by atoms with van der Waals surface area (Å²) in [5.74, 6) is 0. The Bertz CT molecular complexity index is 202. The van der Waals surface area contributed by atoms with E-state index in [4.69, 9.17) is 4.74 Å². The molecule has 0 saturated carbocycles. The van der Waals surface area contributed by atoms with Gasteiger partial charge in [-0.2, -0.15) is 0 Å². The minimum Gasteiger partial charge on any atom is -0.395 e. The first-order valence-electron chi connectivity index (χ1n) is 6.85. The monoisotopic (exact) mass is 244 g/mol. The molecule has 0 aromatic heterocycles. The molecule has 1 fully saturated rings. The molecule has 1 saturated heterocycles. The Morgan fingerprint density at radius 1 is 1.53 bits per heavy atom. The van der Waals surface area contributed by atoms with Crippen molar-refractivity contribution in [1.82, 2.24) is 10.2 Å². The Hall–Kier alpha value is -0.160. The first-order valence-corrected chi connectivity index (χ1v) is 6.85. The zero-order valence-electron chi connectivity index (χ0n) is 11.5. The van der Waals surface area contributed by atoms with E-state index in [2.05, 4.69) is 31.1 Å². The molecule has 3 atom stereocenters. The molecule has 4 heteroatoms. The zero-order chi connectivity index (χ0) is 12.7. The first kappa shape index (κ1) is 14.9. The van der Waals surface area contributed by atoms with Gasteiger partial charge >= 0.3 is 0 Å². The molecule has 1 heterocycles. The quantitative estimate of drug-likeness (QED) is 0.664. The van der Waals surface area contributed by atoms with Crippen molar-refractivity contribution < 1.29 is 9.84 Å². The number of ether oxygens (including phenoxy) is 1. The molecule has 0 bridgehead atoms. The van der Waals surface area contributed by atoms with Crippen molar-refractivity contribution in [1.29, 1.82) is 0 Å². The third-order valence-corrected chi connectivity index (χ3v) is 3.64. The second kappa shape index (κ2) is 8.03. The van der Waals surface area contributed by atoms with Crippen molar-refractivity contribution in [2.45, 2.75) is 51.3 Å². The highest BCUT2D eigenvalue weighted by atomic mass is 16.5. The molecule has 1 aliphatic rings. The molecule has 4 nitrogen and oxygen atoms in total. The van der Waals surface area contributed by atoms with Crippen LogP contribution in [0.5, 0.6) is 0 Å². The van der Waals surface area contributed by atoms with Crippen LogP contribution in [0, 0.1) is 0 Å². The summed E-state index contributed by atoms with van der Waals surface area (Å²) in [5, 5.41) is 12.6. The van der Waals surface area contributed by atoms with Gasteiger partial charge in [-0.3, -0.25) is 0 Å². The lowest BCUT2D eigenvalue weighted by atomic mass is 10.1. The van der Waals surface area contributed by atoms with Crippen LogP contribution in [0.1, 0.15) is 33.1 Å². The van der Waals surface area contributed by atoms with Crippen molar-refractivity contribution >= 4 is 0 Å². The maximum absolute atomic E-state index is 9.28. The Morgan fingerprint density at radius 3 is 2.82 bits per heavy atom. The van der Waals surface area contributed by atoms with Crippen molar-refractivity contribution in [3.05, 3.63) is 0 Å². The molecule has 0 amide bonds. The molecule has 0 aromatic rings. The van der Waals surface area contributed by atoms with Gasteiger partial charge in [0, 0.05) is 18.7 Å². The fourth-order valence-electron chi connectivity index (χ4n) is 2.43. The predicted molar refractivity (Wildman–Crippen MR) is 70.2 cm³/mol. The fraction of sp³-hybridized carbons (Fsp3) is 1.00. The number of likely N-dealkylation sites (N-methyl/N-ethyl adjacent to an activating group) is 1.